The van der Waals surface area contributed by atoms with Gasteiger partial charge in [-0.3, -0.25) is 10.2 Å². The van der Waals surface area contributed by atoms with Gasteiger partial charge in [-0.2, -0.15) is 10.1 Å². The van der Waals surface area contributed by atoms with Gasteiger partial charge < -0.3 is 14.8 Å². The first-order valence-corrected chi connectivity index (χ1v) is 13.1. The summed E-state index contributed by atoms with van der Waals surface area (Å²) in [6.07, 6.45) is -1.95. The topological polar surface area (TPSA) is 112 Å². The molecule has 1 aliphatic rings. The largest absolute Gasteiger partial charge is 0.573 e. The smallest absolute Gasteiger partial charge is 0.497 e. The van der Waals surface area contributed by atoms with Crippen LogP contribution < -0.4 is 14.8 Å². The summed E-state index contributed by atoms with van der Waals surface area (Å²) in [5, 5.41) is 17.1. The number of ether oxygens (including phenoxy) is 2. The summed E-state index contributed by atoms with van der Waals surface area (Å²) in [5.41, 5.74) is 4.29. The number of thioether (sulfide) groups is 1. The van der Waals surface area contributed by atoms with E-state index in [-0.39, 0.29) is 23.2 Å². The molecule has 9 nitrogen and oxygen atoms in total. The summed E-state index contributed by atoms with van der Waals surface area (Å²) >= 11 is 1.31. The molecule has 212 valence electrons. The summed E-state index contributed by atoms with van der Waals surface area (Å²) in [7, 11) is 1.61. The first-order chi connectivity index (χ1) is 19.5. The number of aliphatic imine (C=N–C) groups is 2. The van der Waals surface area contributed by atoms with Gasteiger partial charge in [0, 0.05) is 11.3 Å². The van der Waals surface area contributed by atoms with Crippen LogP contribution in [-0.2, 0) is 4.79 Å². The minimum atomic E-state index is -4.76. The van der Waals surface area contributed by atoms with Gasteiger partial charge in [0.2, 0.25) is 0 Å². The van der Waals surface area contributed by atoms with Gasteiger partial charge in [0.15, 0.2) is 11.0 Å². The van der Waals surface area contributed by atoms with Crippen molar-refractivity contribution in [2.24, 2.45) is 15.1 Å². The molecule has 1 fully saturated rings. The minimum absolute atomic E-state index is 0.0382. The molecule has 41 heavy (non-hydrogen) atoms. The van der Waals surface area contributed by atoms with Crippen molar-refractivity contribution in [1.29, 1.82) is 5.41 Å². The fourth-order valence-electron chi connectivity index (χ4n) is 3.70. The average molecular weight is 583 g/mol. The number of aryl methyl sites for hydroxylation is 2. The Morgan fingerprint density at radius 2 is 1.71 bits per heavy atom. The van der Waals surface area contributed by atoms with Gasteiger partial charge >= 0.3 is 6.36 Å². The molecule has 1 heterocycles. The summed E-state index contributed by atoms with van der Waals surface area (Å²) in [4.78, 5) is 21.2. The molecule has 3 aromatic rings. The van der Waals surface area contributed by atoms with E-state index in [4.69, 9.17) is 15.1 Å². The summed E-state index contributed by atoms with van der Waals surface area (Å²) in [5.74, 6) is 0.411. The van der Waals surface area contributed by atoms with Gasteiger partial charge in [-0.25, -0.2) is 9.98 Å². The highest BCUT2D eigenvalue weighted by atomic mass is 32.2. The molecule has 1 amide bonds. The van der Waals surface area contributed by atoms with Crippen LogP contribution >= 0.6 is 11.8 Å². The van der Waals surface area contributed by atoms with Gasteiger partial charge in [-0.1, -0.05) is 36.0 Å². The lowest BCUT2D eigenvalue weighted by molar-refractivity contribution is -0.274. The number of amides is 1. The maximum Gasteiger partial charge on any atom is 0.573 e. The lowest BCUT2D eigenvalue weighted by Gasteiger charge is -2.12. The number of hydrogen-bond acceptors (Lipinski definition) is 7. The second kappa shape index (κ2) is 12.7. The van der Waals surface area contributed by atoms with Crippen molar-refractivity contribution in [1.82, 2.24) is 5.01 Å². The monoisotopic (exact) mass is 582 g/mol. The molecule has 0 unspecified atom stereocenters. The van der Waals surface area contributed by atoms with E-state index in [0.717, 1.165) is 22.6 Å². The standard InChI is InChI=1S/C28H25F3N6O3S/c1-17-12-23(39-3)13-18(2)25(17)36-27-37(24(38)15-41-27)35-14-19-4-6-20(7-5-19)26(32)34-16-33-21-8-10-22(11-9-21)40-28(29,30)31/h4-14,16H,15H2,1-3H3,(H2,32,33,34)/b35-14+,36-27-. The molecule has 1 aliphatic heterocycles. The number of hydrogen-bond donors (Lipinski definition) is 2. The lowest BCUT2D eigenvalue weighted by atomic mass is 10.1. The van der Waals surface area contributed by atoms with Gasteiger partial charge in [0.25, 0.3) is 5.91 Å². The van der Waals surface area contributed by atoms with E-state index in [9.17, 15) is 18.0 Å². The number of halogens is 3. The molecule has 13 heteroatoms. The van der Waals surface area contributed by atoms with Crippen molar-refractivity contribution >= 4 is 52.6 Å². The molecule has 0 bridgehead atoms. The zero-order chi connectivity index (χ0) is 29.6. The van der Waals surface area contributed by atoms with Gasteiger partial charge in [0.1, 0.15) is 11.5 Å². The first kappa shape index (κ1) is 29.3. The summed E-state index contributed by atoms with van der Waals surface area (Å²) in [6, 6.07) is 15.7. The highest BCUT2D eigenvalue weighted by Crippen LogP contribution is 2.32. The van der Waals surface area contributed by atoms with Crippen LogP contribution in [0.2, 0.25) is 0 Å². The van der Waals surface area contributed by atoms with Crippen LogP contribution in [0.15, 0.2) is 75.7 Å². The molecule has 0 saturated carbocycles. The van der Waals surface area contributed by atoms with E-state index < -0.39 is 6.36 Å². The Balaban J connectivity index is 1.38. The highest BCUT2D eigenvalue weighted by molar-refractivity contribution is 8.15. The van der Waals surface area contributed by atoms with Crippen molar-refractivity contribution in [3.05, 3.63) is 82.9 Å². The number of rotatable bonds is 8. The van der Waals surface area contributed by atoms with E-state index in [0.29, 0.717) is 22.0 Å². The Labute approximate surface area is 238 Å². The molecule has 0 spiro atoms. The van der Waals surface area contributed by atoms with Crippen LogP contribution in [0.25, 0.3) is 0 Å². The number of carbonyl (C=O) groups is 1. The molecule has 2 N–H and O–H groups in total. The van der Waals surface area contributed by atoms with Crippen molar-refractivity contribution in [3.63, 3.8) is 0 Å². The zero-order valence-corrected chi connectivity index (χ0v) is 23.0. The molecular formula is C28H25F3N6O3S. The molecule has 0 aliphatic carbocycles. The van der Waals surface area contributed by atoms with Crippen LogP contribution in [0.1, 0.15) is 22.3 Å². The number of anilines is 1. The molecular weight excluding hydrogens is 557 g/mol. The lowest BCUT2D eigenvalue weighted by Crippen LogP contribution is -2.23. The summed E-state index contributed by atoms with van der Waals surface area (Å²) < 4.78 is 45.9. The second-order valence-electron chi connectivity index (χ2n) is 8.69. The van der Waals surface area contributed by atoms with Gasteiger partial charge in [-0.15, -0.1) is 13.2 Å². The predicted octanol–water partition coefficient (Wildman–Crippen LogP) is 6.27. The number of carbonyl (C=O) groups excluding carboxylic acids is 1. The molecule has 0 atom stereocenters. The third-order valence-corrected chi connectivity index (χ3v) is 6.58. The highest BCUT2D eigenvalue weighted by Gasteiger charge is 2.31. The van der Waals surface area contributed by atoms with Crippen LogP contribution in [0, 0.1) is 19.3 Å². The van der Waals surface area contributed by atoms with Crippen LogP contribution in [-0.4, -0.2) is 53.7 Å². The molecule has 4 rings (SSSR count). The van der Waals surface area contributed by atoms with Gasteiger partial charge in [0.05, 0.1) is 31.1 Å². The van der Waals surface area contributed by atoms with Gasteiger partial charge in [-0.05, 0) is 66.9 Å². The number of benzene rings is 3. The normalized spacial score (nSPS) is 14.8. The van der Waals surface area contributed by atoms with Crippen LogP contribution in [0.3, 0.4) is 0 Å². The molecule has 0 radical (unpaired) electrons. The van der Waals surface area contributed by atoms with Crippen molar-refractivity contribution < 1.29 is 27.4 Å². The fraction of sp³-hybridized carbons (Fsp3) is 0.179. The van der Waals surface area contributed by atoms with E-state index in [1.54, 1.807) is 31.4 Å². The number of methoxy groups -OCH3 is 1. The predicted molar refractivity (Wildman–Crippen MR) is 155 cm³/mol. The third-order valence-electron chi connectivity index (χ3n) is 5.67. The maximum absolute atomic E-state index is 12.5. The number of hydrazone groups is 1. The first-order valence-electron chi connectivity index (χ1n) is 12.1. The number of alkyl halides is 3. The summed E-state index contributed by atoms with van der Waals surface area (Å²) in [6.45, 7) is 3.86. The molecule has 3 aromatic carbocycles. The van der Waals surface area contributed by atoms with E-state index in [1.807, 2.05) is 26.0 Å². The van der Waals surface area contributed by atoms with Crippen molar-refractivity contribution in [2.75, 3.05) is 18.2 Å². The third kappa shape index (κ3) is 7.94. The van der Waals surface area contributed by atoms with E-state index >= 15 is 0 Å². The minimum Gasteiger partial charge on any atom is -0.497 e. The van der Waals surface area contributed by atoms with Crippen molar-refractivity contribution in [3.8, 4) is 11.5 Å². The molecule has 1 saturated heterocycles. The average Bonchev–Trinajstić information content (AvgIpc) is 3.28. The van der Waals surface area contributed by atoms with Crippen LogP contribution in [0.5, 0.6) is 11.5 Å². The quantitative estimate of drug-likeness (QED) is 0.240. The zero-order valence-electron chi connectivity index (χ0n) is 22.2. The van der Waals surface area contributed by atoms with E-state index in [2.05, 4.69) is 20.1 Å². The Bertz CT molecular complexity index is 1500. The molecule has 0 aromatic heterocycles. The Kier molecular flexibility index (Phi) is 9.07. The number of nitrogens with one attached hydrogen (secondary N) is 2. The van der Waals surface area contributed by atoms with Crippen LogP contribution in [0.4, 0.5) is 24.5 Å². The van der Waals surface area contributed by atoms with E-state index in [1.165, 1.54) is 53.6 Å². The van der Waals surface area contributed by atoms with Crippen molar-refractivity contribution in [2.45, 2.75) is 20.2 Å². The SMILES string of the molecule is COc1cc(C)c(/N=C2\SCC(=O)N2/N=C/c2ccc(C(=N)/N=C\Nc3ccc(OC(F)(F)F)cc3)cc2)c(C)c1. The maximum atomic E-state index is 12.5. The Morgan fingerprint density at radius 3 is 2.32 bits per heavy atom. The fourth-order valence-corrected chi connectivity index (χ4v) is 4.51. The number of nitrogens with zero attached hydrogens (tertiary/aromatic N) is 4. The number of amidine groups is 2. The second-order valence-corrected chi connectivity index (χ2v) is 9.63. The Hall–Kier alpha value is -4.65. The Morgan fingerprint density at radius 1 is 1.05 bits per heavy atom.